The standard InChI is InChI=1S/C20H31BN2O5.2ClH/c1-28-18-6-4-15(5-7-18)16-9-13-23-17(14-16)8-11-20(22,19(24)25)10-2-3-12-21(26)27;;/h4-7,14,17,23,26-27H,2-3,8-13,22H2,1H3,(H,24,25);2*1H. The second-order valence-corrected chi connectivity index (χ2v) is 7.46. The second-order valence-electron chi connectivity index (χ2n) is 7.46. The maximum absolute atomic E-state index is 11.7. The van der Waals surface area contributed by atoms with E-state index in [1.165, 1.54) is 5.57 Å². The Balaban J connectivity index is 0.00000420. The molecule has 170 valence electrons. The topological polar surface area (TPSA) is 125 Å². The molecule has 1 aliphatic heterocycles. The molecule has 0 aromatic heterocycles. The molecule has 0 fully saturated rings. The number of nitrogens with one attached hydrogen (secondary N) is 1. The van der Waals surface area contributed by atoms with E-state index in [2.05, 4.69) is 11.4 Å². The number of ether oxygens (including phenoxy) is 1. The van der Waals surface area contributed by atoms with E-state index < -0.39 is 18.6 Å². The number of aliphatic carboxylic acids is 1. The fourth-order valence-electron chi connectivity index (χ4n) is 3.53. The van der Waals surface area contributed by atoms with Gasteiger partial charge in [0.1, 0.15) is 11.3 Å². The van der Waals surface area contributed by atoms with Crippen LogP contribution in [0.5, 0.6) is 5.75 Å². The summed E-state index contributed by atoms with van der Waals surface area (Å²) in [5, 5.41) is 30.8. The first-order valence-electron chi connectivity index (χ1n) is 9.81. The van der Waals surface area contributed by atoms with E-state index in [9.17, 15) is 9.90 Å². The number of benzene rings is 1. The van der Waals surface area contributed by atoms with Crippen molar-refractivity contribution in [2.24, 2.45) is 5.73 Å². The summed E-state index contributed by atoms with van der Waals surface area (Å²) in [6.45, 7) is 0.835. The predicted molar refractivity (Wildman–Crippen MR) is 125 cm³/mol. The Labute approximate surface area is 191 Å². The van der Waals surface area contributed by atoms with Crippen molar-refractivity contribution in [3.8, 4) is 5.75 Å². The lowest BCUT2D eigenvalue weighted by Gasteiger charge is -2.29. The van der Waals surface area contributed by atoms with Gasteiger partial charge >= 0.3 is 13.1 Å². The van der Waals surface area contributed by atoms with Gasteiger partial charge in [0.05, 0.1) is 7.11 Å². The van der Waals surface area contributed by atoms with Crippen LogP contribution in [0.3, 0.4) is 0 Å². The van der Waals surface area contributed by atoms with Gasteiger partial charge in [-0.3, -0.25) is 4.79 Å². The Hall–Kier alpha value is -1.29. The molecule has 2 rings (SSSR count). The number of rotatable bonds is 11. The van der Waals surface area contributed by atoms with Crippen molar-refractivity contribution in [1.29, 1.82) is 0 Å². The second kappa shape index (κ2) is 13.9. The molecule has 0 aliphatic carbocycles. The number of carboxylic acid groups (broad SMARTS) is 1. The highest BCUT2D eigenvalue weighted by molar-refractivity contribution is 6.40. The molecule has 2 atom stereocenters. The van der Waals surface area contributed by atoms with Crippen molar-refractivity contribution < 1.29 is 24.7 Å². The molecular formula is C20H33BCl2N2O5. The minimum Gasteiger partial charge on any atom is -0.497 e. The maximum Gasteiger partial charge on any atom is 0.451 e. The Morgan fingerprint density at radius 2 is 1.90 bits per heavy atom. The molecule has 0 bridgehead atoms. The lowest BCUT2D eigenvalue weighted by Crippen LogP contribution is -2.49. The highest BCUT2D eigenvalue weighted by atomic mass is 35.5. The number of carbonyl (C=O) groups is 1. The van der Waals surface area contributed by atoms with Crippen LogP contribution in [-0.2, 0) is 4.79 Å². The quantitative estimate of drug-likeness (QED) is 0.252. The van der Waals surface area contributed by atoms with Crippen molar-refractivity contribution in [2.75, 3.05) is 13.7 Å². The smallest absolute Gasteiger partial charge is 0.451 e. The Kier molecular flexibility index (Phi) is 13.3. The third-order valence-corrected chi connectivity index (χ3v) is 5.33. The van der Waals surface area contributed by atoms with Crippen molar-refractivity contribution >= 4 is 43.5 Å². The van der Waals surface area contributed by atoms with Gasteiger partial charge in [0.25, 0.3) is 0 Å². The number of nitrogens with two attached hydrogens (primary N) is 1. The van der Waals surface area contributed by atoms with Crippen LogP contribution in [0.2, 0.25) is 6.32 Å². The van der Waals surface area contributed by atoms with E-state index in [1.807, 2.05) is 24.3 Å². The third kappa shape index (κ3) is 8.84. The van der Waals surface area contributed by atoms with E-state index in [1.54, 1.807) is 7.11 Å². The first-order valence-corrected chi connectivity index (χ1v) is 9.81. The molecule has 6 N–H and O–H groups in total. The van der Waals surface area contributed by atoms with Crippen LogP contribution in [0.15, 0.2) is 30.3 Å². The lowest BCUT2D eigenvalue weighted by atomic mass is 9.80. The summed E-state index contributed by atoms with van der Waals surface area (Å²) in [5.74, 6) is -0.190. The van der Waals surface area contributed by atoms with Crippen molar-refractivity contribution in [3.05, 3.63) is 35.9 Å². The zero-order valence-electron chi connectivity index (χ0n) is 17.3. The van der Waals surface area contributed by atoms with E-state index in [0.29, 0.717) is 32.1 Å². The van der Waals surface area contributed by atoms with Crippen LogP contribution < -0.4 is 15.8 Å². The van der Waals surface area contributed by atoms with Gasteiger partial charge in [-0.25, -0.2) is 0 Å². The van der Waals surface area contributed by atoms with Crippen molar-refractivity contribution in [1.82, 2.24) is 5.32 Å². The highest BCUT2D eigenvalue weighted by Gasteiger charge is 2.34. The Morgan fingerprint density at radius 3 is 2.47 bits per heavy atom. The first kappa shape index (κ1) is 28.7. The lowest BCUT2D eigenvalue weighted by molar-refractivity contribution is -0.144. The predicted octanol–water partition coefficient (Wildman–Crippen LogP) is 2.49. The van der Waals surface area contributed by atoms with Crippen LogP contribution in [0.4, 0.5) is 0 Å². The van der Waals surface area contributed by atoms with Crippen LogP contribution in [0, 0.1) is 0 Å². The Bertz CT molecular complexity index is 676. The van der Waals surface area contributed by atoms with Crippen molar-refractivity contribution in [3.63, 3.8) is 0 Å². The molecule has 0 saturated carbocycles. The molecule has 0 amide bonds. The van der Waals surface area contributed by atoms with E-state index >= 15 is 0 Å². The molecule has 0 radical (unpaired) electrons. The van der Waals surface area contributed by atoms with Gasteiger partial charge in [-0.1, -0.05) is 31.1 Å². The molecule has 0 saturated heterocycles. The number of methoxy groups -OCH3 is 1. The normalized spacial score (nSPS) is 17.6. The minimum absolute atomic E-state index is 0. The number of carboxylic acids is 1. The van der Waals surface area contributed by atoms with Gasteiger partial charge in [-0.15, -0.1) is 24.8 Å². The largest absolute Gasteiger partial charge is 0.497 e. The summed E-state index contributed by atoms with van der Waals surface area (Å²) in [6.07, 6.45) is 5.69. The first-order chi connectivity index (χ1) is 13.3. The maximum atomic E-state index is 11.7. The summed E-state index contributed by atoms with van der Waals surface area (Å²) in [4.78, 5) is 11.7. The fourth-order valence-corrected chi connectivity index (χ4v) is 3.53. The van der Waals surface area contributed by atoms with Gasteiger partial charge in [0.2, 0.25) is 0 Å². The average molecular weight is 463 g/mol. The number of hydrogen-bond donors (Lipinski definition) is 5. The van der Waals surface area contributed by atoms with Gasteiger partial charge in [0.15, 0.2) is 0 Å². The molecular weight excluding hydrogens is 430 g/mol. The summed E-state index contributed by atoms with van der Waals surface area (Å²) in [7, 11) is 0.285. The van der Waals surface area contributed by atoms with E-state index in [4.69, 9.17) is 20.5 Å². The SMILES string of the molecule is COc1ccc(C2=CC(CCC(N)(CCCCB(O)O)C(=O)O)NCC2)cc1.Cl.Cl. The van der Waals surface area contributed by atoms with E-state index in [-0.39, 0.29) is 37.2 Å². The molecule has 2 unspecified atom stereocenters. The summed E-state index contributed by atoms with van der Waals surface area (Å²) in [5.41, 5.74) is 7.25. The van der Waals surface area contributed by atoms with Crippen LogP contribution in [0.25, 0.3) is 5.57 Å². The molecule has 10 heteroatoms. The number of hydrogen-bond acceptors (Lipinski definition) is 6. The van der Waals surface area contributed by atoms with Gasteiger partial charge in [-0.05, 0) is 61.8 Å². The van der Waals surface area contributed by atoms with Gasteiger partial charge in [-0.2, -0.15) is 0 Å². The van der Waals surface area contributed by atoms with Gasteiger partial charge < -0.3 is 30.9 Å². The van der Waals surface area contributed by atoms with Gasteiger partial charge in [0, 0.05) is 6.04 Å². The molecule has 1 aliphatic rings. The fraction of sp³-hybridized carbons (Fsp3) is 0.550. The zero-order chi connectivity index (χ0) is 20.6. The highest BCUT2D eigenvalue weighted by Crippen LogP contribution is 2.26. The summed E-state index contributed by atoms with van der Waals surface area (Å²) < 4.78 is 5.20. The number of unbranched alkanes of at least 4 members (excludes halogenated alkanes) is 1. The molecule has 7 nitrogen and oxygen atoms in total. The molecule has 1 aromatic rings. The van der Waals surface area contributed by atoms with Crippen LogP contribution in [-0.4, -0.2) is 53.5 Å². The minimum atomic E-state index is -1.36. The average Bonchev–Trinajstić information content (AvgIpc) is 2.70. The zero-order valence-corrected chi connectivity index (χ0v) is 18.9. The molecule has 0 spiro atoms. The molecule has 1 heterocycles. The summed E-state index contributed by atoms with van der Waals surface area (Å²) >= 11 is 0. The third-order valence-electron chi connectivity index (χ3n) is 5.33. The Morgan fingerprint density at radius 1 is 1.23 bits per heavy atom. The molecule has 30 heavy (non-hydrogen) atoms. The monoisotopic (exact) mass is 462 g/mol. The summed E-state index contributed by atoms with van der Waals surface area (Å²) in [6, 6.07) is 8.02. The molecule has 1 aromatic carbocycles. The van der Waals surface area contributed by atoms with E-state index in [0.717, 1.165) is 24.3 Å². The van der Waals surface area contributed by atoms with Crippen LogP contribution >= 0.6 is 24.8 Å². The number of halogens is 2. The van der Waals surface area contributed by atoms with Crippen LogP contribution in [0.1, 0.15) is 44.1 Å². The van der Waals surface area contributed by atoms with Crippen molar-refractivity contribution in [2.45, 2.75) is 56.4 Å².